The van der Waals surface area contributed by atoms with E-state index in [0.717, 1.165) is 63.4 Å². The number of carbonyl (C=O) groups is 2. The van der Waals surface area contributed by atoms with Gasteiger partial charge in [0, 0.05) is 0 Å². The molecule has 66 heavy (non-hydrogen) atoms. The van der Waals surface area contributed by atoms with Gasteiger partial charge in [-0.3, -0.25) is 0 Å². The van der Waals surface area contributed by atoms with Gasteiger partial charge in [0.1, 0.15) is 0 Å². The fourth-order valence-electron chi connectivity index (χ4n) is 11.5. The van der Waals surface area contributed by atoms with Crippen molar-refractivity contribution >= 4 is 23.4 Å². The number of fused-ring (bicyclic) bond motifs is 3. The molecule has 4 nitrogen and oxygen atoms in total. The van der Waals surface area contributed by atoms with E-state index < -0.39 is 35.0 Å². The fraction of sp³-hybridized carbons (Fsp3) is 0.100. The van der Waals surface area contributed by atoms with Gasteiger partial charge >= 0.3 is 388 Å². The van der Waals surface area contributed by atoms with Crippen molar-refractivity contribution in [2.45, 2.75) is 34.1 Å². The van der Waals surface area contributed by atoms with Gasteiger partial charge in [-0.15, -0.1) is 0 Å². The average Bonchev–Trinajstić information content (AvgIpc) is 4.05. The van der Waals surface area contributed by atoms with Crippen molar-refractivity contribution in [2.24, 2.45) is 0 Å². The first-order chi connectivity index (χ1) is 31.9. The van der Waals surface area contributed by atoms with E-state index in [1.807, 2.05) is 205 Å². The minimum atomic E-state index is -7.52. The van der Waals surface area contributed by atoms with Gasteiger partial charge in [-0.05, 0) is 0 Å². The normalized spacial score (nSPS) is 14.9. The third kappa shape index (κ3) is 6.29. The Morgan fingerprint density at radius 1 is 0.455 bits per heavy atom. The molecular formula is C60H52O4SiTi. The molecule has 10 rings (SSSR count). The van der Waals surface area contributed by atoms with Crippen molar-refractivity contribution in [3.8, 4) is 11.1 Å². The van der Waals surface area contributed by atoms with E-state index in [-0.39, 0.29) is 0 Å². The van der Waals surface area contributed by atoms with E-state index in [0.29, 0.717) is 12.8 Å². The van der Waals surface area contributed by atoms with E-state index in [2.05, 4.69) is 48.6 Å². The molecule has 0 saturated heterocycles. The second-order valence-electron chi connectivity index (χ2n) is 19.7. The van der Waals surface area contributed by atoms with Gasteiger partial charge in [0.05, 0.1) is 0 Å². The standard InChI is InChI=1S/2C20H16O2.C13H9.C5H5.2CH3.H2Si.Ti/c2*21-19(22)20(16-10-4-1-5-11-16,17-12-6-2-7-13-17)18-14-8-3-9-15-18;1-3-7-12-10(5-1)9-11-6-2-4-8-13(11)12;1-2-4-5-3-1;;;;/h2*1-15H,(H,21,22);1-5,7-8H,9H2;1-3H,4H2;2*1H3;1H2;/q;;;;;;;+2/p-2. The summed E-state index contributed by atoms with van der Waals surface area (Å²) in [6.07, 6.45) is 7.10. The zero-order valence-corrected chi connectivity index (χ0v) is 40.3. The summed E-state index contributed by atoms with van der Waals surface area (Å²) in [6.45, 7) is 0. The van der Waals surface area contributed by atoms with Crippen LogP contribution in [0.4, 0.5) is 0 Å². The third-order valence-corrected chi connectivity index (χ3v) is 31.4. The van der Waals surface area contributed by atoms with E-state index in [4.69, 9.17) is 6.64 Å². The Kier molecular flexibility index (Phi) is 9.83. The van der Waals surface area contributed by atoms with Crippen molar-refractivity contribution in [3.05, 3.63) is 291 Å². The predicted octanol–water partition coefficient (Wildman–Crippen LogP) is 12.1. The summed E-state index contributed by atoms with van der Waals surface area (Å²) in [4.78, 5) is 34.4. The van der Waals surface area contributed by atoms with Crippen LogP contribution in [0, 0.1) is 0 Å². The molecule has 2 aliphatic carbocycles. The molecule has 0 saturated carbocycles. The minimum absolute atomic E-state index is 0.397. The molecule has 0 N–H and O–H groups in total. The van der Waals surface area contributed by atoms with Crippen molar-refractivity contribution < 1.29 is 28.5 Å². The molecule has 0 heterocycles. The van der Waals surface area contributed by atoms with Gasteiger partial charge in [0.15, 0.2) is 0 Å². The summed E-state index contributed by atoms with van der Waals surface area (Å²) >= 11 is -7.52. The molecule has 0 fully saturated rings. The molecule has 0 bridgehead atoms. The summed E-state index contributed by atoms with van der Waals surface area (Å²) in [5, 5.41) is 4.09. The van der Waals surface area contributed by atoms with Gasteiger partial charge in [-0.25, -0.2) is 0 Å². The average molecular weight is 913 g/mol. The van der Waals surface area contributed by atoms with E-state index in [9.17, 15) is 0 Å². The van der Waals surface area contributed by atoms with E-state index in [1.165, 1.54) is 0 Å². The molecule has 2 aliphatic rings. The molecule has 0 atom stereocenters. The first-order valence-electron chi connectivity index (χ1n) is 22.8. The fourth-order valence-corrected chi connectivity index (χ4v) is 25.3. The summed E-state index contributed by atoms with van der Waals surface area (Å²) in [7, 11) is 1.64. The summed E-state index contributed by atoms with van der Waals surface area (Å²) in [5.41, 5.74) is 5.60. The Hall–Kier alpha value is -6.89. The van der Waals surface area contributed by atoms with Crippen LogP contribution < -0.4 is 3.87 Å². The first-order valence-corrected chi connectivity index (χ1v) is 32.8. The Morgan fingerprint density at radius 3 is 1.17 bits per heavy atom. The van der Waals surface area contributed by atoms with Crippen LogP contribution in [0.2, 0.25) is 10.5 Å². The second kappa shape index (κ2) is 15.1. The zero-order valence-electron chi connectivity index (χ0n) is 37.3. The van der Waals surface area contributed by atoms with Crippen LogP contribution in [0.1, 0.15) is 50.9 Å². The van der Waals surface area contributed by atoms with Crippen molar-refractivity contribution in [1.29, 1.82) is 0 Å². The number of rotatable bonds is 12. The van der Waals surface area contributed by atoms with Crippen LogP contribution in [0.15, 0.2) is 247 Å². The molecule has 0 amide bonds. The molecule has 0 spiro atoms. The number of carbonyl (C=O) groups excluding carboxylic acids is 2. The number of benzene rings is 8. The molecule has 0 aromatic heterocycles. The van der Waals surface area contributed by atoms with Crippen LogP contribution in [0.5, 0.6) is 0 Å². The summed E-state index contributed by atoms with van der Waals surface area (Å²) < 4.78 is 17.9. The molecule has 0 unspecified atom stereocenters. The van der Waals surface area contributed by atoms with Crippen molar-refractivity contribution in [2.75, 3.05) is 0 Å². The quantitative estimate of drug-likeness (QED) is 0.0905. The Balaban J connectivity index is 1.36. The van der Waals surface area contributed by atoms with E-state index >= 15 is 9.59 Å². The van der Waals surface area contributed by atoms with E-state index in [1.54, 1.807) is 7.63 Å². The summed E-state index contributed by atoms with van der Waals surface area (Å²) in [6, 6.07) is 73.9. The van der Waals surface area contributed by atoms with Crippen LogP contribution in [-0.4, -0.2) is 19.6 Å². The molecule has 324 valence electrons. The number of hydrogen-bond donors (Lipinski definition) is 0. The first kappa shape index (κ1) is 43.0. The molecule has 0 aliphatic heterocycles. The van der Waals surface area contributed by atoms with Gasteiger partial charge in [-0.1, -0.05) is 0 Å². The van der Waals surface area contributed by atoms with Crippen molar-refractivity contribution in [3.63, 3.8) is 0 Å². The molecule has 6 heteroatoms. The Labute approximate surface area is 385 Å². The molecule has 8 aromatic rings. The molecule has 8 aromatic carbocycles. The van der Waals surface area contributed by atoms with Gasteiger partial charge < -0.3 is 0 Å². The van der Waals surface area contributed by atoms with Gasteiger partial charge in [0.2, 0.25) is 0 Å². The molecular weight excluding hydrogens is 861 g/mol. The van der Waals surface area contributed by atoms with Gasteiger partial charge in [0.25, 0.3) is 0 Å². The maximum atomic E-state index is 17.2. The zero-order chi connectivity index (χ0) is 45.6. The van der Waals surface area contributed by atoms with Crippen LogP contribution in [0.3, 0.4) is 0 Å². The molecule has 0 radical (unpaired) electrons. The Morgan fingerprint density at radius 2 is 0.803 bits per heavy atom. The van der Waals surface area contributed by atoms with Crippen LogP contribution in [-0.2, 0) is 45.7 Å². The monoisotopic (exact) mass is 912 g/mol. The number of allylic oxidation sites excluding steroid dienone is 4. The van der Waals surface area contributed by atoms with Crippen LogP contribution in [0.25, 0.3) is 11.1 Å². The predicted molar refractivity (Wildman–Crippen MR) is 267 cm³/mol. The van der Waals surface area contributed by atoms with Crippen LogP contribution >= 0.6 is 0 Å². The summed E-state index contributed by atoms with van der Waals surface area (Å²) in [5.74, 6) is -1.08. The number of hydrogen-bond acceptors (Lipinski definition) is 4. The SMILES string of the molecule is [CH3][Ti]([CH3])(=[SiH2])([O]C(=O)C(c1ccccc1)(c1ccccc1)c1ccccc1)([O]C(=O)C(c1ccccc1)(c1ccccc1)c1ccccc1)([C]1=CC=CC1)[c]1cccc2c1Cc1ccccc1-2. The second-order valence-corrected chi connectivity index (χ2v) is 46.7. The third-order valence-electron chi connectivity index (χ3n) is 14.9. The Bertz CT molecular complexity index is 3010. The van der Waals surface area contributed by atoms with Crippen molar-refractivity contribution in [1.82, 2.24) is 0 Å². The maximum absolute atomic E-state index is 17.2. The topological polar surface area (TPSA) is 52.6 Å². The van der Waals surface area contributed by atoms with Gasteiger partial charge in [-0.2, -0.15) is 0 Å².